The van der Waals surface area contributed by atoms with Crippen LogP contribution in [0.25, 0.3) is 0 Å². The number of rotatable bonds is 4. The van der Waals surface area contributed by atoms with Crippen LogP contribution >= 0.6 is 0 Å². The van der Waals surface area contributed by atoms with Gasteiger partial charge in [-0.2, -0.15) is 0 Å². The highest BCUT2D eigenvalue weighted by molar-refractivity contribution is 5.74. The SMILES string of the molecule is NC(Cc1cc([N+](=O)[O-])c(O)c(O)c1O)C(=O)O. The van der Waals surface area contributed by atoms with Crippen LogP contribution in [0.3, 0.4) is 0 Å². The summed E-state index contributed by atoms with van der Waals surface area (Å²) in [5, 5.41) is 47.1. The molecule has 0 amide bonds. The van der Waals surface area contributed by atoms with E-state index in [0.717, 1.165) is 6.07 Å². The van der Waals surface area contributed by atoms with E-state index < -0.39 is 46.3 Å². The lowest BCUT2D eigenvalue weighted by atomic mass is 10.0. The van der Waals surface area contributed by atoms with E-state index in [0.29, 0.717) is 0 Å². The summed E-state index contributed by atoms with van der Waals surface area (Å²) in [6.07, 6.45) is -0.435. The standard InChI is InChI=1S/C9H10N2O7/c10-4(9(15)16)1-3-2-5(11(17)18)7(13)8(14)6(3)12/h2,4,12-14H,1,10H2,(H,15,16). The van der Waals surface area contributed by atoms with E-state index in [9.17, 15) is 30.2 Å². The van der Waals surface area contributed by atoms with E-state index >= 15 is 0 Å². The smallest absolute Gasteiger partial charge is 0.320 e. The highest BCUT2D eigenvalue weighted by Gasteiger charge is 2.26. The van der Waals surface area contributed by atoms with Crippen LogP contribution in [0, 0.1) is 10.1 Å². The zero-order chi connectivity index (χ0) is 14.0. The Morgan fingerprint density at radius 2 is 1.89 bits per heavy atom. The molecule has 9 heteroatoms. The van der Waals surface area contributed by atoms with Gasteiger partial charge in [-0.05, 0) is 0 Å². The summed E-state index contributed by atoms with van der Waals surface area (Å²) in [4.78, 5) is 20.1. The van der Waals surface area contributed by atoms with E-state index in [2.05, 4.69) is 0 Å². The number of carboxylic acids is 1. The number of hydrogen-bond acceptors (Lipinski definition) is 7. The van der Waals surface area contributed by atoms with Crippen LogP contribution in [0.15, 0.2) is 6.07 Å². The number of nitrogens with zero attached hydrogens (tertiary/aromatic N) is 1. The number of nitro benzene ring substituents is 1. The molecule has 98 valence electrons. The molecular formula is C9H10N2O7. The summed E-state index contributed by atoms with van der Waals surface area (Å²) in [6, 6.07) is -0.646. The summed E-state index contributed by atoms with van der Waals surface area (Å²) in [7, 11) is 0. The molecule has 1 unspecified atom stereocenters. The lowest BCUT2D eigenvalue weighted by Crippen LogP contribution is -2.32. The molecule has 0 radical (unpaired) electrons. The monoisotopic (exact) mass is 258 g/mol. The molecule has 0 saturated carbocycles. The van der Waals surface area contributed by atoms with Crippen molar-refractivity contribution in [1.82, 2.24) is 0 Å². The summed E-state index contributed by atoms with van der Waals surface area (Å²) in [6.45, 7) is 0. The van der Waals surface area contributed by atoms with Crippen LogP contribution in [0.4, 0.5) is 5.69 Å². The predicted octanol–water partition coefficient (Wildman–Crippen LogP) is -0.334. The van der Waals surface area contributed by atoms with Gasteiger partial charge in [0, 0.05) is 18.1 Å². The molecule has 6 N–H and O–H groups in total. The average molecular weight is 258 g/mol. The fraction of sp³-hybridized carbons (Fsp3) is 0.222. The Morgan fingerprint density at radius 1 is 1.33 bits per heavy atom. The number of aromatic hydroxyl groups is 3. The Hall–Kier alpha value is -2.55. The number of nitrogens with two attached hydrogens (primary N) is 1. The Labute approximate surface area is 99.9 Å². The van der Waals surface area contributed by atoms with Crippen molar-refractivity contribution in [2.75, 3.05) is 0 Å². The van der Waals surface area contributed by atoms with Gasteiger partial charge in [-0.25, -0.2) is 0 Å². The average Bonchev–Trinajstić information content (AvgIpc) is 2.29. The molecule has 0 spiro atoms. The summed E-state index contributed by atoms with van der Waals surface area (Å²) in [5.74, 6) is -4.39. The van der Waals surface area contributed by atoms with Crippen molar-refractivity contribution in [1.29, 1.82) is 0 Å². The third kappa shape index (κ3) is 2.40. The van der Waals surface area contributed by atoms with Crippen LogP contribution < -0.4 is 5.73 Å². The summed E-state index contributed by atoms with van der Waals surface area (Å²) in [5.41, 5.74) is 4.11. The molecule has 1 aromatic carbocycles. The molecule has 0 aliphatic rings. The molecular weight excluding hydrogens is 248 g/mol. The van der Waals surface area contributed by atoms with Crippen molar-refractivity contribution in [2.45, 2.75) is 12.5 Å². The first-order valence-electron chi connectivity index (χ1n) is 4.65. The molecule has 0 heterocycles. The molecule has 1 rings (SSSR count). The van der Waals surface area contributed by atoms with Crippen molar-refractivity contribution in [2.24, 2.45) is 5.73 Å². The van der Waals surface area contributed by atoms with Crippen LogP contribution in [-0.2, 0) is 11.2 Å². The Balaban J connectivity index is 3.28. The normalized spacial score (nSPS) is 12.1. The topological polar surface area (TPSA) is 167 Å². The van der Waals surface area contributed by atoms with Gasteiger partial charge in [-0.1, -0.05) is 0 Å². The molecule has 1 atom stereocenters. The minimum absolute atomic E-state index is 0.244. The molecule has 1 aromatic rings. The molecule has 0 saturated heterocycles. The Bertz CT molecular complexity index is 514. The molecule has 0 aliphatic carbocycles. The van der Waals surface area contributed by atoms with Crippen molar-refractivity contribution in [3.05, 3.63) is 21.7 Å². The number of phenols is 3. The van der Waals surface area contributed by atoms with Crippen LogP contribution in [0.5, 0.6) is 17.2 Å². The highest BCUT2D eigenvalue weighted by atomic mass is 16.6. The minimum atomic E-state index is -1.40. The second-order valence-corrected chi connectivity index (χ2v) is 3.51. The van der Waals surface area contributed by atoms with Gasteiger partial charge in [-0.3, -0.25) is 14.9 Å². The quantitative estimate of drug-likeness (QED) is 0.278. The number of nitro groups is 1. The van der Waals surface area contributed by atoms with Gasteiger partial charge in [0.15, 0.2) is 5.75 Å². The lowest BCUT2D eigenvalue weighted by Gasteiger charge is -2.10. The third-order valence-corrected chi connectivity index (χ3v) is 2.26. The van der Waals surface area contributed by atoms with Crippen LogP contribution in [-0.4, -0.2) is 37.4 Å². The van der Waals surface area contributed by atoms with Gasteiger partial charge >= 0.3 is 11.7 Å². The maximum atomic E-state index is 10.6. The first-order valence-corrected chi connectivity index (χ1v) is 4.65. The van der Waals surface area contributed by atoms with E-state index in [1.54, 1.807) is 0 Å². The zero-order valence-electron chi connectivity index (χ0n) is 8.90. The van der Waals surface area contributed by atoms with Crippen molar-refractivity contribution < 1.29 is 30.1 Å². The number of carboxylic acid groups (broad SMARTS) is 1. The van der Waals surface area contributed by atoms with Crippen LogP contribution in [0.2, 0.25) is 0 Å². The first kappa shape index (κ1) is 13.5. The Morgan fingerprint density at radius 3 is 2.33 bits per heavy atom. The molecule has 0 aromatic heterocycles. The maximum Gasteiger partial charge on any atom is 0.320 e. The largest absolute Gasteiger partial charge is 0.504 e. The fourth-order valence-electron chi connectivity index (χ4n) is 1.31. The molecule has 0 aliphatic heterocycles. The van der Waals surface area contributed by atoms with Gasteiger partial charge in [0.1, 0.15) is 6.04 Å². The van der Waals surface area contributed by atoms with Crippen molar-refractivity contribution in [3.8, 4) is 17.2 Å². The van der Waals surface area contributed by atoms with E-state index in [1.165, 1.54) is 0 Å². The number of benzene rings is 1. The van der Waals surface area contributed by atoms with Gasteiger partial charge < -0.3 is 26.2 Å². The van der Waals surface area contributed by atoms with E-state index in [4.69, 9.17) is 10.8 Å². The second kappa shape index (κ2) is 4.75. The van der Waals surface area contributed by atoms with Crippen molar-refractivity contribution >= 4 is 11.7 Å². The second-order valence-electron chi connectivity index (χ2n) is 3.51. The number of aliphatic carboxylic acids is 1. The maximum absolute atomic E-state index is 10.6. The number of phenolic OH excluding ortho intramolecular Hbond substituents is 3. The molecule has 0 fully saturated rings. The third-order valence-electron chi connectivity index (χ3n) is 2.26. The minimum Gasteiger partial charge on any atom is -0.504 e. The van der Waals surface area contributed by atoms with Crippen LogP contribution in [0.1, 0.15) is 5.56 Å². The number of carbonyl (C=O) groups is 1. The molecule has 9 nitrogen and oxygen atoms in total. The number of hydrogen-bond donors (Lipinski definition) is 5. The first-order chi connectivity index (χ1) is 8.25. The van der Waals surface area contributed by atoms with Gasteiger partial charge in [-0.15, -0.1) is 0 Å². The predicted molar refractivity (Wildman–Crippen MR) is 57.4 cm³/mol. The van der Waals surface area contributed by atoms with E-state index in [1.807, 2.05) is 0 Å². The lowest BCUT2D eigenvalue weighted by molar-refractivity contribution is -0.386. The van der Waals surface area contributed by atoms with Gasteiger partial charge in [0.05, 0.1) is 4.92 Å². The van der Waals surface area contributed by atoms with E-state index in [-0.39, 0.29) is 5.56 Å². The molecule has 0 bridgehead atoms. The van der Waals surface area contributed by atoms with Gasteiger partial charge in [0.25, 0.3) is 0 Å². The summed E-state index contributed by atoms with van der Waals surface area (Å²) >= 11 is 0. The van der Waals surface area contributed by atoms with Gasteiger partial charge in [0.2, 0.25) is 11.5 Å². The molecule has 18 heavy (non-hydrogen) atoms. The highest BCUT2D eigenvalue weighted by Crippen LogP contribution is 2.44. The van der Waals surface area contributed by atoms with Crippen molar-refractivity contribution in [3.63, 3.8) is 0 Å². The summed E-state index contributed by atoms with van der Waals surface area (Å²) < 4.78 is 0. The zero-order valence-corrected chi connectivity index (χ0v) is 8.90. The fourth-order valence-corrected chi connectivity index (χ4v) is 1.31. The Kier molecular flexibility index (Phi) is 3.57.